The Bertz CT molecular complexity index is 588. The maximum Gasteiger partial charge on any atom is 0.316 e. The van der Waals surface area contributed by atoms with Crippen LogP contribution < -0.4 is 0 Å². The van der Waals surface area contributed by atoms with E-state index in [9.17, 15) is 4.79 Å². The normalized spacial score (nSPS) is 12.3. The van der Waals surface area contributed by atoms with Gasteiger partial charge in [-0.1, -0.05) is 28.9 Å². The minimum atomic E-state index is -0.861. The Morgan fingerprint density at radius 2 is 2.26 bits per heavy atom. The van der Waals surface area contributed by atoms with Crippen molar-refractivity contribution in [2.45, 2.75) is 17.9 Å². The van der Waals surface area contributed by atoms with Crippen molar-refractivity contribution in [1.82, 2.24) is 10.1 Å². The zero-order valence-corrected chi connectivity index (χ0v) is 11.6. The maximum absolute atomic E-state index is 10.7. The lowest BCUT2D eigenvalue weighted by Gasteiger charge is -2.01. The van der Waals surface area contributed by atoms with Crippen LogP contribution in [0.2, 0.25) is 5.02 Å². The third-order valence-corrected chi connectivity index (χ3v) is 3.84. The summed E-state index contributed by atoms with van der Waals surface area (Å²) in [6, 6.07) is 7.16. The van der Waals surface area contributed by atoms with Crippen LogP contribution >= 0.6 is 23.4 Å². The molecule has 0 amide bonds. The highest BCUT2D eigenvalue weighted by Gasteiger charge is 2.15. The zero-order chi connectivity index (χ0) is 13.8. The molecule has 2 rings (SSSR count). The van der Waals surface area contributed by atoms with Gasteiger partial charge in [-0.05, 0) is 19.1 Å². The lowest BCUT2D eigenvalue weighted by molar-refractivity contribution is -0.136. The molecule has 100 valence electrons. The lowest BCUT2D eigenvalue weighted by Crippen LogP contribution is -2.11. The van der Waals surface area contributed by atoms with Crippen molar-refractivity contribution >= 4 is 29.3 Å². The predicted molar refractivity (Wildman–Crippen MR) is 73.1 cm³/mol. The monoisotopic (exact) mass is 298 g/mol. The van der Waals surface area contributed by atoms with Gasteiger partial charge in [-0.25, -0.2) is 0 Å². The van der Waals surface area contributed by atoms with Crippen LogP contribution in [-0.4, -0.2) is 26.5 Å². The minimum Gasteiger partial charge on any atom is -0.480 e. The molecule has 1 atom stereocenters. The first-order valence-corrected chi connectivity index (χ1v) is 6.92. The number of benzene rings is 1. The highest BCUT2D eigenvalue weighted by molar-refractivity contribution is 7.99. The van der Waals surface area contributed by atoms with Crippen LogP contribution in [0.3, 0.4) is 0 Å². The van der Waals surface area contributed by atoms with Gasteiger partial charge in [0.15, 0.2) is 5.82 Å². The van der Waals surface area contributed by atoms with Crippen molar-refractivity contribution < 1.29 is 14.4 Å². The molecule has 0 radical (unpaired) electrons. The van der Waals surface area contributed by atoms with Gasteiger partial charge in [0.25, 0.3) is 5.89 Å². The molecular formula is C12H11ClN2O3S. The first-order valence-electron chi connectivity index (χ1n) is 5.50. The summed E-state index contributed by atoms with van der Waals surface area (Å²) < 4.78 is 5.12. The van der Waals surface area contributed by atoms with Crippen molar-refractivity contribution in [2.24, 2.45) is 0 Å². The number of halogens is 1. The standard InChI is InChI=1S/C12H11ClN2O3S/c1-7(12(16)17)19-6-10-14-11(18-15-10)8-4-2-3-5-9(8)13/h2-5,7H,6H2,1H3,(H,16,17). The van der Waals surface area contributed by atoms with Crippen LogP contribution in [0.15, 0.2) is 28.8 Å². The Labute approximate surface area is 119 Å². The number of carboxylic acid groups (broad SMARTS) is 1. The summed E-state index contributed by atoms with van der Waals surface area (Å²) in [4.78, 5) is 14.9. The fraction of sp³-hybridized carbons (Fsp3) is 0.250. The molecular weight excluding hydrogens is 288 g/mol. The first-order chi connectivity index (χ1) is 9.08. The van der Waals surface area contributed by atoms with E-state index in [4.69, 9.17) is 21.2 Å². The minimum absolute atomic E-state index is 0.337. The molecule has 1 N–H and O–H groups in total. The molecule has 1 aromatic heterocycles. The summed E-state index contributed by atoms with van der Waals surface area (Å²) in [6.07, 6.45) is 0. The van der Waals surface area contributed by atoms with Crippen LogP contribution in [0.1, 0.15) is 12.7 Å². The maximum atomic E-state index is 10.7. The molecule has 0 aliphatic rings. The van der Waals surface area contributed by atoms with Gasteiger partial charge in [0.1, 0.15) is 0 Å². The van der Waals surface area contributed by atoms with Crippen LogP contribution in [0.25, 0.3) is 11.5 Å². The Morgan fingerprint density at radius 3 is 2.95 bits per heavy atom. The molecule has 0 aliphatic heterocycles. The molecule has 0 saturated heterocycles. The fourth-order valence-corrected chi connectivity index (χ4v) is 2.20. The van der Waals surface area contributed by atoms with Crippen molar-refractivity contribution in [3.8, 4) is 11.5 Å². The van der Waals surface area contributed by atoms with Crippen molar-refractivity contribution in [3.05, 3.63) is 35.1 Å². The lowest BCUT2D eigenvalue weighted by atomic mass is 10.2. The fourth-order valence-electron chi connectivity index (χ4n) is 1.33. The second kappa shape index (κ2) is 6.08. The molecule has 19 heavy (non-hydrogen) atoms. The summed E-state index contributed by atoms with van der Waals surface area (Å²) >= 11 is 7.26. The highest BCUT2D eigenvalue weighted by atomic mass is 35.5. The van der Waals surface area contributed by atoms with Crippen LogP contribution in [0.5, 0.6) is 0 Å². The van der Waals surface area contributed by atoms with Crippen LogP contribution in [0, 0.1) is 0 Å². The number of thioether (sulfide) groups is 1. The van der Waals surface area contributed by atoms with E-state index < -0.39 is 11.2 Å². The topological polar surface area (TPSA) is 76.2 Å². The van der Waals surface area contributed by atoms with Crippen molar-refractivity contribution in [2.75, 3.05) is 0 Å². The van der Waals surface area contributed by atoms with E-state index in [0.29, 0.717) is 28.1 Å². The van der Waals surface area contributed by atoms with E-state index in [1.54, 1.807) is 19.1 Å². The van der Waals surface area contributed by atoms with Gasteiger partial charge in [0.2, 0.25) is 0 Å². The van der Waals surface area contributed by atoms with Gasteiger partial charge in [-0.2, -0.15) is 4.98 Å². The predicted octanol–water partition coefficient (Wildman–Crippen LogP) is 3.10. The summed E-state index contributed by atoms with van der Waals surface area (Å²) in [5.74, 6) is 0.304. The van der Waals surface area contributed by atoms with Crippen LogP contribution in [-0.2, 0) is 10.5 Å². The number of rotatable bonds is 5. The second-order valence-electron chi connectivity index (χ2n) is 3.79. The molecule has 7 heteroatoms. The quantitative estimate of drug-likeness (QED) is 0.914. The van der Waals surface area contributed by atoms with E-state index >= 15 is 0 Å². The third kappa shape index (κ3) is 3.48. The number of aliphatic carboxylic acids is 1. The van der Waals surface area contributed by atoms with E-state index in [-0.39, 0.29) is 0 Å². The summed E-state index contributed by atoms with van der Waals surface area (Å²) in [6.45, 7) is 1.61. The van der Waals surface area contributed by atoms with E-state index in [2.05, 4.69) is 10.1 Å². The Balaban J connectivity index is 2.08. The van der Waals surface area contributed by atoms with Crippen molar-refractivity contribution in [3.63, 3.8) is 0 Å². The Morgan fingerprint density at radius 1 is 1.53 bits per heavy atom. The molecule has 5 nitrogen and oxygen atoms in total. The number of carboxylic acids is 1. The first kappa shape index (κ1) is 13.9. The van der Waals surface area contributed by atoms with Gasteiger partial charge >= 0.3 is 5.97 Å². The van der Waals surface area contributed by atoms with Crippen molar-refractivity contribution in [1.29, 1.82) is 0 Å². The Hall–Kier alpha value is -1.53. The van der Waals surface area contributed by atoms with Gasteiger partial charge < -0.3 is 9.63 Å². The SMILES string of the molecule is CC(SCc1noc(-c2ccccc2Cl)n1)C(=O)O. The summed E-state index contributed by atoms with van der Waals surface area (Å²) in [7, 11) is 0. The van der Waals surface area contributed by atoms with E-state index in [1.807, 2.05) is 12.1 Å². The van der Waals surface area contributed by atoms with Gasteiger partial charge in [0.05, 0.1) is 21.6 Å². The average Bonchev–Trinajstić information content (AvgIpc) is 2.85. The number of carbonyl (C=O) groups is 1. The largest absolute Gasteiger partial charge is 0.480 e. The smallest absolute Gasteiger partial charge is 0.316 e. The molecule has 1 unspecified atom stereocenters. The second-order valence-corrected chi connectivity index (χ2v) is 5.52. The number of hydrogen-bond donors (Lipinski definition) is 1. The third-order valence-electron chi connectivity index (χ3n) is 2.38. The molecule has 2 aromatic rings. The van der Waals surface area contributed by atoms with E-state index in [1.165, 1.54) is 11.8 Å². The Kier molecular flexibility index (Phi) is 4.44. The highest BCUT2D eigenvalue weighted by Crippen LogP contribution is 2.26. The summed E-state index contributed by atoms with van der Waals surface area (Å²) in [5, 5.41) is 12.6. The number of nitrogens with zero attached hydrogens (tertiary/aromatic N) is 2. The number of hydrogen-bond acceptors (Lipinski definition) is 5. The van der Waals surface area contributed by atoms with E-state index in [0.717, 1.165) is 0 Å². The average molecular weight is 299 g/mol. The molecule has 0 bridgehead atoms. The molecule has 0 aliphatic carbocycles. The van der Waals surface area contributed by atoms with Crippen LogP contribution in [0.4, 0.5) is 0 Å². The van der Waals surface area contributed by atoms with Gasteiger partial charge in [-0.15, -0.1) is 11.8 Å². The molecule has 0 fully saturated rings. The molecule has 0 saturated carbocycles. The zero-order valence-electron chi connectivity index (χ0n) is 10.0. The van der Waals surface area contributed by atoms with Gasteiger partial charge in [0, 0.05) is 0 Å². The molecule has 1 heterocycles. The van der Waals surface area contributed by atoms with Gasteiger partial charge in [-0.3, -0.25) is 4.79 Å². The summed E-state index contributed by atoms with van der Waals surface area (Å²) in [5.41, 5.74) is 0.666. The number of aromatic nitrogens is 2. The molecule has 1 aromatic carbocycles. The molecule has 0 spiro atoms.